The minimum atomic E-state index is 0.246. The number of hydrogen-bond acceptors (Lipinski definition) is 2. The van der Waals surface area contributed by atoms with E-state index < -0.39 is 0 Å². The van der Waals surface area contributed by atoms with E-state index in [9.17, 15) is 0 Å². The summed E-state index contributed by atoms with van der Waals surface area (Å²) >= 11 is 0. The van der Waals surface area contributed by atoms with Gasteiger partial charge in [0.2, 0.25) is 0 Å². The van der Waals surface area contributed by atoms with E-state index in [2.05, 4.69) is 13.5 Å². The fourth-order valence-electron chi connectivity index (χ4n) is 1.55. The van der Waals surface area contributed by atoms with Gasteiger partial charge in [0.15, 0.2) is 0 Å². The number of rotatable bonds is 4. The van der Waals surface area contributed by atoms with Crippen molar-refractivity contribution in [1.82, 2.24) is 0 Å². The second kappa shape index (κ2) is 5.33. The van der Waals surface area contributed by atoms with Gasteiger partial charge >= 0.3 is 0 Å². The molecule has 0 saturated carbocycles. The quantitative estimate of drug-likeness (QED) is 0.602. The molecule has 2 unspecified atom stereocenters. The summed E-state index contributed by atoms with van der Waals surface area (Å²) in [6.07, 6.45) is 5.60. The third-order valence-electron chi connectivity index (χ3n) is 2.13. The predicted molar refractivity (Wildman–Crippen MR) is 49.2 cm³/mol. The number of hydrogen-bond donors (Lipinski definition) is 0. The van der Waals surface area contributed by atoms with Gasteiger partial charge in [-0.05, 0) is 12.8 Å². The van der Waals surface area contributed by atoms with Crippen molar-refractivity contribution < 1.29 is 9.47 Å². The van der Waals surface area contributed by atoms with E-state index in [0.717, 1.165) is 32.5 Å². The largest absolute Gasteiger partial charge is 0.373 e. The van der Waals surface area contributed by atoms with Crippen LogP contribution in [0.1, 0.15) is 26.2 Å². The molecule has 1 saturated heterocycles. The Balaban J connectivity index is 2.36. The average molecular weight is 170 g/mol. The van der Waals surface area contributed by atoms with Gasteiger partial charge in [-0.2, -0.15) is 0 Å². The normalized spacial score (nSPS) is 30.1. The van der Waals surface area contributed by atoms with Crippen molar-refractivity contribution in [2.75, 3.05) is 13.2 Å². The van der Waals surface area contributed by atoms with Crippen LogP contribution < -0.4 is 0 Å². The molecule has 2 atom stereocenters. The van der Waals surface area contributed by atoms with E-state index in [1.54, 1.807) is 0 Å². The van der Waals surface area contributed by atoms with E-state index >= 15 is 0 Å². The average Bonchev–Trinajstić information content (AvgIpc) is 2.09. The molecule has 0 amide bonds. The summed E-state index contributed by atoms with van der Waals surface area (Å²) in [5.41, 5.74) is 0. The van der Waals surface area contributed by atoms with Crippen LogP contribution >= 0.6 is 0 Å². The Morgan fingerprint density at radius 1 is 1.33 bits per heavy atom. The van der Waals surface area contributed by atoms with Crippen LogP contribution in [0.15, 0.2) is 12.7 Å². The van der Waals surface area contributed by atoms with Gasteiger partial charge in [-0.25, -0.2) is 0 Å². The van der Waals surface area contributed by atoms with Crippen LogP contribution in [-0.4, -0.2) is 25.4 Å². The van der Waals surface area contributed by atoms with Gasteiger partial charge in [0.25, 0.3) is 0 Å². The predicted octanol–water partition coefficient (Wildman–Crippen LogP) is 2.15. The van der Waals surface area contributed by atoms with Crippen molar-refractivity contribution in [2.24, 2.45) is 0 Å². The van der Waals surface area contributed by atoms with Crippen LogP contribution in [0.25, 0.3) is 0 Å². The van der Waals surface area contributed by atoms with Crippen molar-refractivity contribution in [3.8, 4) is 0 Å². The van der Waals surface area contributed by atoms with Crippen molar-refractivity contribution >= 4 is 0 Å². The first-order chi connectivity index (χ1) is 5.88. The van der Waals surface area contributed by atoms with Gasteiger partial charge in [-0.3, -0.25) is 0 Å². The summed E-state index contributed by atoms with van der Waals surface area (Å²) in [5.74, 6) is 0. The molecule has 0 radical (unpaired) electrons. The molecule has 0 spiro atoms. The lowest BCUT2D eigenvalue weighted by molar-refractivity contribution is -0.140. The van der Waals surface area contributed by atoms with Crippen LogP contribution in [0.2, 0.25) is 0 Å². The van der Waals surface area contributed by atoms with E-state index in [0.29, 0.717) is 6.10 Å². The lowest BCUT2D eigenvalue weighted by atomic mass is 10.1. The molecular formula is C10H18O2. The minimum Gasteiger partial charge on any atom is -0.373 e. The Labute approximate surface area is 74.6 Å². The van der Waals surface area contributed by atoms with E-state index in [-0.39, 0.29) is 6.10 Å². The first-order valence-corrected chi connectivity index (χ1v) is 4.72. The van der Waals surface area contributed by atoms with Crippen molar-refractivity contribution in [3.05, 3.63) is 12.7 Å². The molecule has 0 aromatic heterocycles. The SMILES string of the molecule is C=CCC1OCCOC1CCC. The van der Waals surface area contributed by atoms with E-state index in [1.165, 1.54) is 0 Å². The highest BCUT2D eigenvalue weighted by molar-refractivity contribution is 4.81. The smallest absolute Gasteiger partial charge is 0.0872 e. The molecule has 1 aliphatic heterocycles. The van der Waals surface area contributed by atoms with E-state index in [4.69, 9.17) is 9.47 Å². The Morgan fingerprint density at radius 2 is 2.00 bits per heavy atom. The highest BCUT2D eigenvalue weighted by Crippen LogP contribution is 2.17. The summed E-state index contributed by atoms with van der Waals surface area (Å²) in [7, 11) is 0. The van der Waals surface area contributed by atoms with E-state index in [1.807, 2.05) is 6.08 Å². The summed E-state index contributed by atoms with van der Waals surface area (Å²) in [5, 5.41) is 0. The first kappa shape index (κ1) is 9.75. The maximum Gasteiger partial charge on any atom is 0.0872 e. The molecule has 0 bridgehead atoms. The topological polar surface area (TPSA) is 18.5 Å². The van der Waals surface area contributed by atoms with Gasteiger partial charge in [-0.1, -0.05) is 19.4 Å². The van der Waals surface area contributed by atoms with Crippen molar-refractivity contribution in [3.63, 3.8) is 0 Å². The maximum absolute atomic E-state index is 5.61. The van der Waals surface area contributed by atoms with Crippen molar-refractivity contribution in [1.29, 1.82) is 0 Å². The molecule has 0 N–H and O–H groups in total. The van der Waals surface area contributed by atoms with Gasteiger partial charge in [0, 0.05) is 0 Å². The Hall–Kier alpha value is -0.340. The van der Waals surface area contributed by atoms with Crippen molar-refractivity contribution in [2.45, 2.75) is 38.4 Å². The molecule has 0 aromatic carbocycles. The summed E-state index contributed by atoms with van der Waals surface area (Å²) in [4.78, 5) is 0. The molecule has 1 aliphatic rings. The molecule has 1 heterocycles. The van der Waals surface area contributed by atoms with Crippen LogP contribution in [0.4, 0.5) is 0 Å². The van der Waals surface area contributed by atoms with Gasteiger partial charge < -0.3 is 9.47 Å². The molecule has 1 rings (SSSR count). The highest BCUT2D eigenvalue weighted by atomic mass is 16.6. The second-order valence-electron chi connectivity index (χ2n) is 3.13. The van der Waals surface area contributed by atoms with Gasteiger partial charge in [0.1, 0.15) is 0 Å². The third-order valence-corrected chi connectivity index (χ3v) is 2.13. The monoisotopic (exact) mass is 170 g/mol. The molecule has 0 aliphatic carbocycles. The lowest BCUT2D eigenvalue weighted by Gasteiger charge is -2.31. The van der Waals surface area contributed by atoms with Crippen LogP contribution in [-0.2, 0) is 9.47 Å². The summed E-state index contributed by atoms with van der Waals surface area (Å²) < 4.78 is 11.2. The Kier molecular flexibility index (Phi) is 4.33. The van der Waals surface area contributed by atoms with Crippen LogP contribution in [0.5, 0.6) is 0 Å². The maximum atomic E-state index is 5.61. The summed E-state index contributed by atoms with van der Waals surface area (Å²) in [6.45, 7) is 7.37. The van der Waals surface area contributed by atoms with Crippen LogP contribution in [0, 0.1) is 0 Å². The first-order valence-electron chi connectivity index (χ1n) is 4.72. The zero-order chi connectivity index (χ0) is 8.81. The third kappa shape index (κ3) is 2.61. The molecule has 1 fully saturated rings. The Bertz CT molecular complexity index is 132. The highest BCUT2D eigenvalue weighted by Gasteiger charge is 2.24. The summed E-state index contributed by atoms with van der Waals surface area (Å²) in [6, 6.07) is 0. The minimum absolute atomic E-state index is 0.246. The number of ether oxygens (including phenoxy) is 2. The van der Waals surface area contributed by atoms with Crippen LogP contribution in [0.3, 0.4) is 0 Å². The fraction of sp³-hybridized carbons (Fsp3) is 0.800. The standard InChI is InChI=1S/C10H18O2/c1-3-5-9-10(6-4-2)12-8-7-11-9/h3,9-10H,1,4-8H2,2H3. The van der Waals surface area contributed by atoms with Gasteiger partial charge in [0.05, 0.1) is 25.4 Å². The second-order valence-corrected chi connectivity index (χ2v) is 3.13. The zero-order valence-corrected chi connectivity index (χ0v) is 7.79. The molecule has 2 nitrogen and oxygen atoms in total. The Morgan fingerprint density at radius 3 is 2.58 bits per heavy atom. The molecular weight excluding hydrogens is 152 g/mol. The lowest BCUT2D eigenvalue weighted by Crippen LogP contribution is -2.37. The van der Waals surface area contributed by atoms with Gasteiger partial charge in [-0.15, -0.1) is 6.58 Å². The molecule has 12 heavy (non-hydrogen) atoms. The zero-order valence-electron chi connectivity index (χ0n) is 7.79. The molecule has 2 heteroatoms. The fourth-order valence-corrected chi connectivity index (χ4v) is 1.55. The molecule has 70 valence electrons. The molecule has 0 aromatic rings.